The van der Waals surface area contributed by atoms with Crippen molar-refractivity contribution in [1.29, 1.82) is 0 Å². The van der Waals surface area contributed by atoms with Crippen molar-refractivity contribution in [2.45, 2.75) is 26.2 Å². The lowest BCUT2D eigenvalue weighted by molar-refractivity contribution is 0.306. The van der Waals surface area contributed by atoms with Gasteiger partial charge in [0, 0.05) is 6.07 Å². The van der Waals surface area contributed by atoms with E-state index in [2.05, 4.69) is 31.2 Å². The molecule has 1 heteroatoms. The summed E-state index contributed by atoms with van der Waals surface area (Å²) in [6.07, 6.45) is 3.58. The highest BCUT2D eigenvalue weighted by atomic mass is 16.5. The Morgan fingerprint density at radius 2 is 1.94 bits per heavy atom. The molecule has 0 spiro atoms. The van der Waals surface area contributed by atoms with Crippen LogP contribution in [0.4, 0.5) is 0 Å². The molecular weight excluding hydrogens is 196 g/mol. The predicted molar refractivity (Wildman–Crippen MR) is 67.8 cm³/mol. The van der Waals surface area contributed by atoms with Gasteiger partial charge in [-0.05, 0) is 23.3 Å². The van der Waals surface area contributed by atoms with Crippen LogP contribution in [0.2, 0.25) is 0 Å². The molecule has 1 radical (unpaired) electrons. The van der Waals surface area contributed by atoms with Crippen molar-refractivity contribution in [2.75, 3.05) is 6.61 Å². The van der Waals surface area contributed by atoms with Gasteiger partial charge in [-0.25, -0.2) is 0 Å². The van der Waals surface area contributed by atoms with Gasteiger partial charge >= 0.3 is 0 Å². The van der Waals surface area contributed by atoms with E-state index in [0.717, 1.165) is 24.2 Å². The Morgan fingerprint density at radius 1 is 1.06 bits per heavy atom. The van der Waals surface area contributed by atoms with Crippen LogP contribution < -0.4 is 4.74 Å². The van der Waals surface area contributed by atoms with Crippen LogP contribution in [0.25, 0.3) is 10.8 Å². The maximum absolute atomic E-state index is 5.66. The van der Waals surface area contributed by atoms with Crippen molar-refractivity contribution in [3.63, 3.8) is 0 Å². The third-order valence-corrected chi connectivity index (χ3v) is 2.64. The molecule has 0 aliphatic carbocycles. The zero-order valence-electron chi connectivity index (χ0n) is 9.70. The van der Waals surface area contributed by atoms with Crippen LogP contribution in [-0.4, -0.2) is 6.61 Å². The third-order valence-electron chi connectivity index (χ3n) is 2.64. The first-order chi connectivity index (χ1) is 7.90. The Kier molecular flexibility index (Phi) is 3.81. The van der Waals surface area contributed by atoms with E-state index in [1.807, 2.05) is 18.2 Å². The molecular formula is C15H17O. The van der Waals surface area contributed by atoms with Crippen molar-refractivity contribution in [1.82, 2.24) is 0 Å². The molecule has 0 bridgehead atoms. The lowest BCUT2D eigenvalue weighted by Crippen LogP contribution is -1.96. The Hall–Kier alpha value is -1.50. The molecule has 0 atom stereocenters. The van der Waals surface area contributed by atoms with Crippen LogP contribution in [0.3, 0.4) is 0 Å². The normalized spacial score (nSPS) is 10.6. The summed E-state index contributed by atoms with van der Waals surface area (Å²) in [5, 5.41) is 2.33. The molecule has 0 saturated carbocycles. The highest BCUT2D eigenvalue weighted by Gasteiger charge is 1.97. The van der Waals surface area contributed by atoms with E-state index < -0.39 is 0 Å². The molecule has 16 heavy (non-hydrogen) atoms. The maximum Gasteiger partial charge on any atom is 0.127 e. The second-order valence-corrected chi connectivity index (χ2v) is 3.97. The fourth-order valence-electron chi connectivity index (χ4n) is 1.71. The SMILES string of the molecule is CCCCCOc1[c]c2ccccc2cc1. The summed E-state index contributed by atoms with van der Waals surface area (Å²) in [6.45, 7) is 2.99. The van der Waals surface area contributed by atoms with Crippen LogP contribution >= 0.6 is 0 Å². The highest BCUT2D eigenvalue weighted by Crippen LogP contribution is 2.19. The summed E-state index contributed by atoms with van der Waals surface area (Å²) in [5.41, 5.74) is 0. The van der Waals surface area contributed by atoms with E-state index in [0.29, 0.717) is 0 Å². The summed E-state index contributed by atoms with van der Waals surface area (Å²) in [4.78, 5) is 0. The molecule has 0 aromatic heterocycles. The zero-order chi connectivity index (χ0) is 11.2. The number of unbranched alkanes of at least 4 members (excludes halogenated alkanes) is 2. The number of ether oxygens (including phenoxy) is 1. The van der Waals surface area contributed by atoms with Crippen LogP contribution in [0.5, 0.6) is 5.75 Å². The lowest BCUT2D eigenvalue weighted by atomic mass is 10.1. The maximum atomic E-state index is 5.66. The van der Waals surface area contributed by atoms with Crippen molar-refractivity contribution >= 4 is 10.8 Å². The quantitative estimate of drug-likeness (QED) is 0.676. The van der Waals surface area contributed by atoms with Crippen molar-refractivity contribution in [3.8, 4) is 5.75 Å². The molecule has 0 saturated heterocycles. The van der Waals surface area contributed by atoms with Gasteiger partial charge in [0.05, 0.1) is 6.61 Å². The van der Waals surface area contributed by atoms with Crippen LogP contribution in [0.15, 0.2) is 36.4 Å². The van der Waals surface area contributed by atoms with Gasteiger partial charge in [0.25, 0.3) is 0 Å². The minimum atomic E-state index is 0.794. The number of rotatable bonds is 5. The van der Waals surface area contributed by atoms with Crippen molar-refractivity contribution < 1.29 is 4.74 Å². The molecule has 0 fully saturated rings. The average Bonchev–Trinajstić information content (AvgIpc) is 2.34. The summed E-state index contributed by atoms with van der Waals surface area (Å²) in [5.74, 6) is 0.856. The molecule has 0 N–H and O–H groups in total. The minimum Gasteiger partial charge on any atom is -0.493 e. The smallest absolute Gasteiger partial charge is 0.127 e. The first kappa shape index (κ1) is 11.0. The number of hydrogen-bond donors (Lipinski definition) is 0. The van der Waals surface area contributed by atoms with Gasteiger partial charge in [-0.15, -0.1) is 0 Å². The van der Waals surface area contributed by atoms with Gasteiger partial charge in [-0.2, -0.15) is 0 Å². The predicted octanol–water partition coefficient (Wildman–Crippen LogP) is 4.21. The molecule has 0 heterocycles. The molecule has 83 valence electrons. The van der Waals surface area contributed by atoms with Gasteiger partial charge < -0.3 is 4.74 Å². The Labute approximate surface area is 97.1 Å². The first-order valence-electron chi connectivity index (χ1n) is 5.94. The summed E-state index contributed by atoms with van der Waals surface area (Å²) in [6, 6.07) is 15.6. The molecule has 2 aromatic rings. The molecule has 0 aliphatic heterocycles. The van der Waals surface area contributed by atoms with Gasteiger partial charge in [0.1, 0.15) is 5.75 Å². The van der Waals surface area contributed by atoms with E-state index in [1.54, 1.807) is 0 Å². The topological polar surface area (TPSA) is 9.23 Å². The fourth-order valence-corrected chi connectivity index (χ4v) is 1.71. The number of fused-ring (bicyclic) bond motifs is 1. The highest BCUT2D eigenvalue weighted by molar-refractivity contribution is 5.83. The van der Waals surface area contributed by atoms with Crippen LogP contribution in [0, 0.1) is 6.07 Å². The Morgan fingerprint density at radius 3 is 2.81 bits per heavy atom. The summed E-state index contributed by atoms with van der Waals surface area (Å²) >= 11 is 0. The van der Waals surface area contributed by atoms with E-state index >= 15 is 0 Å². The lowest BCUT2D eigenvalue weighted by Gasteiger charge is -2.06. The minimum absolute atomic E-state index is 0.794. The monoisotopic (exact) mass is 213 g/mol. The molecule has 2 aromatic carbocycles. The van der Waals surface area contributed by atoms with E-state index in [4.69, 9.17) is 4.74 Å². The number of hydrogen-bond acceptors (Lipinski definition) is 1. The van der Waals surface area contributed by atoms with Crippen LogP contribution in [0.1, 0.15) is 26.2 Å². The van der Waals surface area contributed by atoms with Gasteiger partial charge in [0.15, 0.2) is 0 Å². The van der Waals surface area contributed by atoms with Gasteiger partial charge in [0.2, 0.25) is 0 Å². The van der Waals surface area contributed by atoms with Crippen molar-refractivity contribution in [3.05, 3.63) is 42.5 Å². The Balaban J connectivity index is 2.02. The van der Waals surface area contributed by atoms with Gasteiger partial charge in [-0.3, -0.25) is 0 Å². The molecule has 0 amide bonds. The van der Waals surface area contributed by atoms with Crippen LogP contribution in [-0.2, 0) is 0 Å². The van der Waals surface area contributed by atoms with Crippen molar-refractivity contribution in [2.24, 2.45) is 0 Å². The molecule has 0 aliphatic rings. The number of benzene rings is 2. The largest absolute Gasteiger partial charge is 0.493 e. The first-order valence-corrected chi connectivity index (χ1v) is 5.94. The van der Waals surface area contributed by atoms with Gasteiger partial charge in [-0.1, -0.05) is 50.1 Å². The van der Waals surface area contributed by atoms with E-state index in [1.165, 1.54) is 18.2 Å². The fraction of sp³-hybridized carbons (Fsp3) is 0.333. The Bertz CT molecular complexity index is 448. The molecule has 2 rings (SSSR count). The second kappa shape index (κ2) is 5.55. The summed E-state index contributed by atoms with van der Waals surface area (Å²) in [7, 11) is 0. The molecule has 1 nitrogen and oxygen atoms in total. The third kappa shape index (κ3) is 2.75. The standard InChI is InChI=1S/C15H17O/c1-2-3-6-11-16-15-10-9-13-7-4-5-8-14(13)12-15/h4-5,7-10H,2-3,6,11H2,1H3. The average molecular weight is 213 g/mol. The van der Waals surface area contributed by atoms with E-state index in [-0.39, 0.29) is 0 Å². The van der Waals surface area contributed by atoms with E-state index in [9.17, 15) is 0 Å². The molecule has 0 unspecified atom stereocenters. The second-order valence-electron chi connectivity index (χ2n) is 3.97. The summed E-state index contributed by atoms with van der Waals surface area (Å²) < 4.78 is 5.66. The zero-order valence-corrected chi connectivity index (χ0v) is 9.70.